The van der Waals surface area contributed by atoms with Crippen LogP contribution in [0.5, 0.6) is 0 Å². The molecule has 0 aliphatic carbocycles. The summed E-state index contributed by atoms with van der Waals surface area (Å²) in [5.41, 5.74) is 1.77. The molecular formula is C19H25F2NO3. The van der Waals surface area contributed by atoms with Crippen molar-refractivity contribution in [3.8, 4) is 0 Å². The molecule has 1 aromatic carbocycles. The van der Waals surface area contributed by atoms with Crippen molar-refractivity contribution in [2.75, 3.05) is 19.8 Å². The lowest BCUT2D eigenvalue weighted by Crippen LogP contribution is -2.50. The Hall–Kier alpha value is -1.79. The molecule has 0 radical (unpaired) electrons. The lowest BCUT2D eigenvalue weighted by Gasteiger charge is -2.32. The van der Waals surface area contributed by atoms with Crippen LogP contribution in [0.15, 0.2) is 29.8 Å². The van der Waals surface area contributed by atoms with E-state index in [0.29, 0.717) is 38.2 Å². The van der Waals surface area contributed by atoms with E-state index < -0.39 is 11.6 Å². The SMILES string of the molecule is CC(C)=CCO[C@@H]1COCC[C@H]1NC(=O)CCc1ccc(F)c(F)c1. The van der Waals surface area contributed by atoms with Crippen molar-refractivity contribution in [3.05, 3.63) is 47.0 Å². The van der Waals surface area contributed by atoms with Gasteiger partial charge in [-0.1, -0.05) is 17.7 Å². The van der Waals surface area contributed by atoms with Gasteiger partial charge in [-0.25, -0.2) is 8.78 Å². The van der Waals surface area contributed by atoms with Gasteiger partial charge in [0.05, 0.1) is 19.3 Å². The maximum atomic E-state index is 13.2. The number of amides is 1. The highest BCUT2D eigenvalue weighted by molar-refractivity contribution is 5.76. The average Bonchev–Trinajstić information content (AvgIpc) is 2.57. The van der Waals surface area contributed by atoms with E-state index in [0.717, 1.165) is 12.1 Å². The molecule has 0 bridgehead atoms. The molecule has 1 aliphatic heterocycles. The van der Waals surface area contributed by atoms with E-state index in [2.05, 4.69) is 5.32 Å². The van der Waals surface area contributed by atoms with Crippen LogP contribution in [0.4, 0.5) is 8.78 Å². The summed E-state index contributed by atoms with van der Waals surface area (Å²) >= 11 is 0. The van der Waals surface area contributed by atoms with Crippen LogP contribution in [0, 0.1) is 11.6 Å². The van der Waals surface area contributed by atoms with Gasteiger partial charge >= 0.3 is 0 Å². The van der Waals surface area contributed by atoms with E-state index in [4.69, 9.17) is 9.47 Å². The van der Waals surface area contributed by atoms with Gasteiger partial charge in [0.1, 0.15) is 6.10 Å². The zero-order valence-electron chi connectivity index (χ0n) is 14.7. The van der Waals surface area contributed by atoms with Crippen molar-refractivity contribution in [3.63, 3.8) is 0 Å². The number of rotatable bonds is 7. The number of carbonyl (C=O) groups is 1. The summed E-state index contributed by atoms with van der Waals surface area (Å²) in [7, 11) is 0. The minimum atomic E-state index is -0.893. The maximum absolute atomic E-state index is 13.2. The maximum Gasteiger partial charge on any atom is 0.220 e. The molecule has 25 heavy (non-hydrogen) atoms. The van der Waals surface area contributed by atoms with Crippen LogP contribution in [0.1, 0.15) is 32.3 Å². The number of aryl methyl sites for hydroxylation is 1. The summed E-state index contributed by atoms with van der Waals surface area (Å²) in [4.78, 5) is 12.2. The molecule has 2 atom stereocenters. The molecule has 1 fully saturated rings. The summed E-state index contributed by atoms with van der Waals surface area (Å²) in [6, 6.07) is 3.60. The van der Waals surface area contributed by atoms with Crippen LogP contribution >= 0.6 is 0 Å². The zero-order chi connectivity index (χ0) is 18.2. The first-order valence-corrected chi connectivity index (χ1v) is 8.51. The van der Waals surface area contributed by atoms with Crippen LogP contribution in [-0.2, 0) is 20.7 Å². The summed E-state index contributed by atoms with van der Waals surface area (Å²) in [6.45, 7) is 5.51. The Kier molecular flexibility index (Phi) is 7.52. The lowest BCUT2D eigenvalue weighted by atomic mass is 10.0. The fourth-order valence-corrected chi connectivity index (χ4v) is 2.61. The number of ether oxygens (including phenoxy) is 2. The summed E-state index contributed by atoms with van der Waals surface area (Å²) in [6.07, 6.45) is 3.06. The lowest BCUT2D eigenvalue weighted by molar-refractivity contribution is -0.125. The molecule has 4 nitrogen and oxygen atoms in total. The van der Waals surface area contributed by atoms with Crippen LogP contribution in [0.3, 0.4) is 0 Å². The fourth-order valence-electron chi connectivity index (χ4n) is 2.61. The van der Waals surface area contributed by atoms with Crippen molar-refractivity contribution in [2.24, 2.45) is 0 Å². The Balaban J connectivity index is 1.82. The fraction of sp³-hybridized carbons (Fsp3) is 0.526. The van der Waals surface area contributed by atoms with Crippen molar-refractivity contribution in [2.45, 2.75) is 45.3 Å². The Morgan fingerprint density at radius 1 is 1.36 bits per heavy atom. The van der Waals surface area contributed by atoms with Gasteiger partial charge in [0.2, 0.25) is 5.91 Å². The largest absolute Gasteiger partial charge is 0.379 e. The summed E-state index contributed by atoms with van der Waals surface area (Å²) in [5, 5.41) is 2.97. The van der Waals surface area contributed by atoms with Crippen molar-refractivity contribution in [1.82, 2.24) is 5.32 Å². The second-order valence-electron chi connectivity index (χ2n) is 6.44. The predicted molar refractivity (Wildman–Crippen MR) is 91.2 cm³/mol. The van der Waals surface area contributed by atoms with Crippen molar-refractivity contribution >= 4 is 5.91 Å². The second-order valence-corrected chi connectivity index (χ2v) is 6.44. The number of allylic oxidation sites excluding steroid dienone is 1. The standard InChI is InChI=1S/C19H25F2NO3/c1-13(2)7-10-25-18-12-24-9-8-17(18)22-19(23)6-4-14-3-5-15(20)16(21)11-14/h3,5,7,11,17-18H,4,6,8-10,12H2,1-2H3,(H,22,23)/t17-,18-/m1/s1. The zero-order valence-corrected chi connectivity index (χ0v) is 14.7. The number of halogens is 2. The molecule has 1 N–H and O–H groups in total. The molecule has 1 aliphatic rings. The third-order valence-electron chi connectivity index (χ3n) is 4.08. The molecule has 0 unspecified atom stereocenters. The molecule has 138 valence electrons. The second kappa shape index (κ2) is 9.63. The Morgan fingerprint density at radius 3 is 2.88 bits per heavy atom. The quantitative estimate of drug-likeness (QED) is 0.766. The Bertz CT molecular complexity index is 615. The van der Waals surface area contributed by atoms with Gasteiger partial charge < -0.3 is 14.8 Å². The molecule has 1 saturated heterocycles. The number of carbonyl (C=O) groups excluding carboxylic acids is 1. The average molecular weight is 353 g/mol. The van der Waals surface area contributed by atoms with E-state index in [1.54, 1.807) is 0 Å². The van der Waals surface area contributed by atoms with Gasteiger partial charge in [-0.05, 0) is 44.4 Å². The van der Waals surface area contributed by atoms with E-state index >= 15 is 0 Å². The van der Waals surface area contributed by atoms with Crippen molar-refractivity contribution in [1.29, 1.82) is 0 Å². The number of nitrogens with one attached hydrogen (secondary N) is 1. The molecular weight excluding hydrogens is 328 g/mol. The highest BCUT2D eigenvalue weighted by Crippen LogP contribution is 2.14. The van der Waals surface area contributed by atoms with E-state index in [-0.39, 0.29) is 24.5 Å². The van der Waals surface area contributed by atoms with Gasteiger partial charge in [0.15, 0.2) is 11.6 Å². The van der Waals surface area contributed by atoms with Gasteiger partial charge in [-0.3, -0.25) is 4.79 Å². The van der Waals surface area contributed by atoms with Crippen LogP contribution in [-0.4, -0.2) is 37.9 Å². The molecule has 0 spiro atoms. The number of hydrogen-bond acceptors (Lipinski definition) is 3. The van der Waals surface area contributed by atoms with Gasteiger partial charge in [0.25, 0.3) is 0 Å². The molecule has 2 rings (SSSR count). The monoisotopic (exact) mass is 353 g/mol. The van der Waals surface area contributed by atoms with E-state index in [1.807, 2.05) is 19.9 Å². The van der Waals surface area contributed by atoms with Crippen molar-refractivity contribution < 1.29 is 23.0 Å². The smallest absolute Gasteiger partial charge is 0.220 e. The van der Waals surface area contributed by atoms with Gasteiger partial charge in [-0.2, -0.15) is 0 Å². The molecule has 0 aromatic heterocycles. The summed E-state index contributed by atoms with van der Waals surface area (Å²) < 4.78 is 37.3. The highest BCUT2D eigenvalue weighted by atomic mass is 19.2. The first-order valence-electron chi connectivity index (χ1n) is 8.51. The van der Waals surface area contributed by atoms with Crippen LogP contribution < -0.4 is 5.32 Å². The molecule has 1 amide bonds. The van der Waals surface area contributed by atoms with Gasteiger partial charge in [-0.15, -0.1) is 0 Å². The molecule has 0 saturated carbocycles. The van der Waals surface area contributed by atoms with E-state index in [9.17, 15) is 13.6 Å². The predicted octanol–water partition coefficient (Wildman–Crippen LogP) is 3.15. The molecule has 1 heterocycles. The Morgan fingerprint density at radius 2 is 2.16 bits per heavy atom. The van der Waals surface area contributed by atoms with Gasteiger partial charge in [0, 0.05) is 13.0 Å². The van der Waals surface area contributed by atoms with Crippen LogP contribution in [0.2, 0.25) is 0 Å². The van der Waals surface area contributed by atoms with E-state index in [1.165, 1.54) is 11.6 Å². The minimum Gasteiger partial charge on any atom is -0.379 e. The number of hydrogen-bond donors (Lipinski definition) is 1. The third kappa shape index (κ3) is 6.55. The molecule has 1 aromatic rings. The first kappa shape index (κ1) is 19.5. The Labute approximate surface area is 147 Å². The number of benzene rings is 1. The molecule has 6 heteroatoms. The third-order valence-corrected chi connectivity index (χ3v) is 4.08. The minimum absolute atomic E-state index is 0.100. The summed E-state index contributed by atoms with van der Waals surface area (Å²) in [5.74, 6) is -1.91. The highest BCUT2D eigenvalue weighted by Gasteiger charge is 2.27. The normalized spacial score (nSPS) is 20.2. The first-order chi connectivity index (χ1) is 12.0. The topological polar surface area (TPSA) is 47.6 Å². The van der Waals surface area contributed by atoms with Crippen LogP contribution in [0.25, 0.3) is 0 Å².